The Bertz CT molecular complexity index is 182. The predicted molar refractivity (Wildman–Crippen MR) is 44.0 cm³/mol. The molecule has 0 aliphatic heterocycles. The first kappa shape index (κ1) is 9.65. The van der Waals surface area contributed by atoms with Gasteiger partial charge in [0, 0.05) is 14.1 Å². The summed E-state index contributed by atoms with van der Waals surface area (Å²) in [7, 11) is 1.29. The van der Waals surface area contributed by atoms with E-state index in [0.29, 0.717) is 0 Å². The largest absolute Gasteiger partial charge is 0.508 e. The van der Waals surface area contributed by atoms with Gasteiger partial charge in [-0.15, -0.1) is 4.31 Å². The molecule has 1 N–H and O–H groups in total. The Morgan fingerprint density at radius 1 is 1.60 bits per heavy atom. The minimum atomic E-state index is -2.13. The fourth-order valence-corrected chi connectivity index (χ4v) is 1.27. The minimum Gasteiger partial charge on any atom is -0.508 e. The molecule has 60 valence electrons. The molecule has 3 nitrogen and oxygen atoms in total. The van der Waals surface area contributed by atoms with E-state index in [0.717, 1.165) is 0 Å². The molecule has 0 aliphatic rings. The monoisotopic (exact) mass is 164 g/mol. The van der Waals surface area contributed by atoms with Crippen LogP contribution < -0.4 is 0 Å². The van der Waals surface area contributed by atoms with Gasteiger partial charge in [0.15, 0.2) is 15.5 Å². The smallest absolute Gasteiger partial charge is 0.183 e. The molecular formula is C6H14NO2S+. The Morgan fingerprint density at radius 2 is 2.00 bits per heavy atom. The topological polar surface area (TPSA) is 40.5 Å². The van der Waals surface area contributed by atoms with Crippen LogP contribution in [-0.4, -0.2) is 29.8 Å². The van der Waals surface area contributed by atoms with E-state index in [1.165, 1.54) is 12.3 Å². The Hall–Kier alpha value is -0.350. The third-order valence-electron chi connectivity index (χ3n) is 1.11. The minimum absolute atomic E-state index is 0.0983. The lowest BCUT2D eigenvalue weighted by molar-refractivity contribution is 0.414. The summed E-state index contributed by atoms with van der Waals surface area (Å²) >= 11 is 0. The van der Waals surface area contributed by atoms with Gasteiger partial charge < -0.3 is 5.11 Å². The molecule has 0 bridgehead atoms. The molecule has 0 saturated heterocycles. The van der Waals surface area contributed by atoms with Crippen LogP contribution >= 0.6 is 0 Å². The molecule has 0 aromatic rings. The quantitative estimate of drug-likeness (QED) is 0.489. The molecule has 10 heavy (non-hydrogen) atoms. The Balaban J connectivity index is 4.44. The second-order valence-electron chi connectivity index (χ2n) is 2.43. The summed E-state index contributed by atoms with van der Waals surface area (Å²) < 4.78 is 13.0. The molecular weight excluding hydrogens is 150 g/mol. The maximum absolute atomic E-state index is 11.4. The van der Waals surface area contributed by atoms with Crippen molar-refractivity contribution < 1.29 is 9.32 Å². The van der Waals surface area contributed by atoms with Crippen LogP contribution in [0.2, 0.25) is 0 Å². The van der Waals surface area contributed by atoms with Crippen LogP contribution in [0.3, 0.4) is 0 Å². The average molecular weight is 164 g/mol. The Labute approximate surface area is 62.9 Å². The first-order valence-electron chi connectivity index (χ1n) is 2.90. The van der Waals surface area contributed by atoms with E-state index >= 15 is 0 Å². The van der Waals surface area contributed by atoms with E-state index in [1.807, 2.05) is 0 Å². The highest BCUT2D eigenvalue weighted by Gasteiger charge is 2.21. The van der Waals surface area contributed by atoms with Crippen LogP contribution in [0.15, 0.2) is 11.2 Å². The summed E-state index contributed by atoms with van der Waals surface area (Å²) in [5, 5.41) is 10.1. The average Bonchev–Trinajstić information content (AvgIpc) is 1.60. The third kappa shape index (κ3) is 2.98. The first-order chi connectivity index (χ1) is 4.36. The number of allylic oxidation sites excluding steroid dienone is 1. The Kier molecular flexibility index (Phi) is 3.05. The molecule has 0 aromatic carbocycles. The van der Waals surface area contributed by atoms with Crippen molar-refractivity contribution in [2.45, 2.75) is 6.92 Å². The van der Waals surface area contributed by atoms with Crippen molar-refractivity contribution in [3.8, 4) is 0 Å². The van der Waals surface area contributed by atoms with Gasteiger partial charge in [-0.05, 0) is 6.92 Å². The van der Waals surface area contributed by atoms with Gasteiger partial charge in [-0.3, -0.25) is 0 Å². The predicted octanol–water partition coefficient (Wildman–Crippen LogP) is 1.01. The number of aliphatic hydroxyl groups is 1. The highest BCUT2D eigenvalue weighted by Crippen LogP contribution is 2.07. The third-order valence-corrected chi connectivity index (χ3v) is 3.34. The van der Waals surface area contributed by atoms with Crippen LogP contribution in [0.4, 0.5) is 0 Å². The van der Waals surface area contributed by atoms with Gasteiger partial charge in [-0.25, -0.2) is 0 Å². The second kappa shape index (κ2) is 3.16. The molecule has 0 heterocycles. The van der Waals surface area contributed by atoms with Crippen molar-refractivity contribution in [3.05, 3.63) is 11.2 Å². The van der Waals surface area contributed by atoms with Gasteiger partial charge in [0.1, 0.15) is 12.0 Å². The number of nitrogens with zero attached hydrogens (tertiary/aromatic N) is 1. The van der Waals surface area contributed by atoms with Gasteiger partial charge in [-0.1, -0.05) is 4.21 Å². The first-order valence-corrected chi connectivity index (χ1v) is 4.89. The lowest BCUT2D eigenvalue weighted by Crippen LogP contribution is -2.25. The van der Waals surface area contributed by atoms with E-state index in [4.69, 9.17) is 5.11 Å². The highest BCUT2D eigenvalue weighted by atomic mass is 32.3. The number of aliphatic hydroxyl groups excluding tert-OH is 1. The van der Waals surface area contributed by atoms with Crippen LogP contribution in [0.1, 0.15) is 6.92 Å². The zero-order valence-electron chi connectivity index (χ0n) is 6.79. The van der Waals surface area contributed by atoms with Crippen molar-refractivity contribution in [1.82, 2.24) is 4.31 Å². The fourth-order valence-electron chi connectivity index (χ4n) is 0.422. The van der Waals surface area contributed by atoms with Crippen molar-refractivity contribution in [2.75, 3.05) is 20.4 Å². The summed E-state index contributed by atoms with van der Waals surface area (Å²) in [6.07, 6.45) is 1.58. The maximum Gasteiger partial charge on any atom is 0.183 e. The number of hydrogen-bond donors (Lipinski definition) is 1. The van der Waals surface area contributed by atoms with Crippen LogP contribution in [0.25, 0.3) is 0 Å². The summed E-state index contributed by atoms with van der Waals surface area (Å²) in [5.41, 5.74) is 0. The fraction of sp³-hybridized carbons (Fsp3) is 0.667. The van der Waals surface area contributed by atoms with Gasteiger partial charge in [-0.2, -0.15) is 0 Å². The highest BCUT2D eigenvalue weighted by molar-refractivity contribution is 8.02. The number of hydrogen-bond acceptors (Lipinski definition) is 2. The normalized spacial score (nSPS) is 19.1. The van der Waals surface area contributed by atoms with Gasteiger partial charge in [0.05, 0.1) is 0 Å². The second-order valence-corrected chi connectivity index (χ2v) is 5.12. The Morgan fingerprint density at radius 3 is 2.10 bits per heavy atom. The van der Waals surface area contributed by atoms with E-state index in [1.54, 1.807) is 24.7 Å². The van der Waals surface area contributed by atoms with Crippen molar-refractivity contribution in [3.63, 3.8) is 0 Å². The molecule has 0 amide bonds. The van der Waals surface area contributed by atoms with E-state index in [2.05, 4.69) is 0 Å². The van der Waals surface area contributed by atoms with E-state index in [9.17, 15) is 4.21 Å². The molecule has 0 aromatic heterocycles. The zero-order valence-corrected chi connectivity index (χ0v) is 7.60. The zero-order chi connectivity index (χ0) is 8.36. The lowest BCUT2D eigenvalue weighted by Gasteiger charge is -2.08. The molecule has 0 spiro atoms. The molecule has 0 radical (unpaired) electrons. The summed E-state index contributed by atoms with van der Waals surface area (Å²) in [6.45, 7) is 1.51. The summed E-state index contributed by atoms with van der Waals surface area (Å²) in [4.78, 5) is 0. The van der Waals surface area contributed by atoms with E-state index in [-0.39, 0.29) is 5.76 Å². The van der Waals surface area contributed by atoms with Crippen LogP contribution in [0.5, 0.6) is 0 Å². The van der Waals surface area contributed by atoms with Crippen molar-refractivity contribution in [1.29, 1.82) is 0 Å². The van der Waals surface area contributed by atoms with Crippen LogP contribution in [0, 0.1) is 0 Å². The maximum atomic E-state index is 11.4. The van der Waals surface area contributed by atoms with Gasteiger partial charge in [0.2, 0.25) is 0 Å². The SMILES string of the molecule is C/C(O)=C/[S+](C)(=O)N(C)C. The number of rotatable bonds is 2. The van der Waals surface area contributed by atoms with Crippen LogP contribution in [-0.2, 0) is 14.3 Å². The summed E-state index contributed by atoms with van der Waals surface area (Å²) in [5.74, 6) is 0.0983. The van der Waals surface area contributed by atoms with Crippen molar-refractivity contribution in [2.24, 2.45) is 0 Å². The van der Waals surface area contributed by atoms with Gasteiger partial charge >= 0.3 is 0 Å². The molecule has 0 saturated carbocycles. The molecule has 0 fully saturated rings. The molecule has 4 heteroatoms. The molecule has 0 aliphatic carbocycles. The standard InChI is InChI=1S/C6H13NO2S/c1-6(8)5-10(4,9)7(2)3/h5H,1-4H3/p+1. The lowest BCUT2D eigenvalue weighted by atomic mass is 10.7. The molecule has 1 atom stereocenters. The molecule has 0 rings (SSSR count). The molecule has 1 unspecified atom stereocenters. The summed E-state index contributed by atoms with van der Waals surface area (Å²) in [6, 6.07) is 0. The van der Waals surface area contributed by atoms with E-state index < -0.39 is 10.1 Å². The van der Waals surface area contributed by atoms with Crippen molar-refractivity contribution >= 4 is 10.1 Å². The van der Waals surface area contributed by atoms with Gasteiger partial charge in [0.25, 0.3) is 0 Å².